The Morgan fingerprint density at radius 2 is 2.50 bits per heavy atom. The number of hydrogen-bond acceptors (Lipinski definition) is 3. The average molecular weight is 144 g/mol. The lowest BCUT2D eigenvalue weighted by Gasteiger charge is -2.19. The fraction of sp³-hybridized carbons (Fsp3) is 0.833. The van der Waals surface area contributed by atoms with E-state index in [4.69, 9.17) is 10.8 Å². The van der Waals surface area contributed by atoms with E-state index in [0.717, 1.165) is 6.54 Å². The van der Waals surface area contributed by atoms with Gasteiger partial charge in [0.1, 0.15) is 0 Å². The van der Waals surface area contributed by atoms with Gasteiger partial charge in [-0.05, 0) is 13.0 Å². The lowest BCUT2D eigenvalue weighted by atomic mass is 9.88. The second-order valence-electron chi connectivity index (χ2n) is 2.72. The van der Waals surface area contributed by atoms with Crippen molar-refractivity contribution in [2.45, 2.75) is 6.42 Å². The summed E-state index contributed by atoms with van der Waals surface area (Å²) in [7, 11) is 0. The zero-order valence-electron chi connectivity index (χ0n) is 5.76. The molecule has 1 unspecified atom stereocenters. The summed E-state index contributed by atoms with van der Waals surface area (Å²) >= 11 is 0. The van der Waals surface area contributed by atoms with Crippen molar-refractivity contribution in [2.75, 3.05) is 19.6 Å². The van der Waals surface area contributed by atoms with Crippen LogP contribution in [0.25, 0.3) is 0 Å². The molecule has 1 fully saturated rings. The number of carbonyl (C=O) groups is 1. The average Bonchev–Trinajstić information content (AvgIpc) is 2.35. The molecule has 4 heteroatoms. The molecule has 10 heavy (non-hydrogen) atoms. The van der Waals surface area contributed by atoms with Crippen molar-refractivity contribution < 1.29 is 9.90 Å². The molecule has 0 aromatic rings. The van der Waals surface area contributed by atoms with Gasteiger partial charge in [0.25, 0.3) is 0 Å². The molecular weight excluding hydrogens is 132 g/mol. The zero-order chi connectivity index (χ0) is 7.61. The molecule has 0 amide bonds. The standard InChI is InChI=1S/C6H12N2O2/c7-3-6(5(9)10)1-2-8-4-6/h8H,1-4,7H2,(H,9,10). The van der Waals surface area contributed by atoms with Crippen LogP contribution in [0.15, 0.2) is 0 Å². The Hall–Kier alpha value is -0.610. The van der Waals surface area contributed by atoms with Crippen LogP contribution in [-0.4, -0.2) is 30.7 Å². The minimum absolute atomic E-state index is 0.231. The van der Waals surface area contributed by atoms with E-state index in [1.807, 2.05) is 0 Å². The molecule has 0 aromatic heterocycles. The molecule has 4 N–H and O–H groups in total. The van der Waals surface area contributed by atoms with Crippen molar-refractivity contribution >= 4 is 5.97 Å². The van der Waals surface area contributed by atoms with Crippen LogP contribution in [-0.2, 0) is 4.79 Å². The molecule has 4 nitrogen and oxygen atoms in total. The lowest BCUT2D eigenvalue weighted by molar-refractivity contribution is -0.147. The highest BCUT2D eigenvalue weighted by Gasteiger charge is 2.39. The second kappa shape index (κ2) is 2.56. The van der Waals surface area contributed by atoms with E-state index in [1.165, 1.54) is 0 Å². The SMILES string of the molecule is NCC1(C(=O)O)CCNC1. The van der Waals surface area contributed by atoms with Gasteiger partial charge in [-0.3, -0.25) is 4.79 Å². The van der Waals surface area contributed by atoms with Crippen LogP contribution >= 0.6 is 0 Å². The van der Waals surface area contributed by atoms with Gasteiger partial charge in [0, 0.05) is 13.1 Å². The minimum Gasteiger partial charge on any atom is -0.481 e. The first-order valence-electron chi connectivity index (χ1n) is 3.35. The van der Waals surface area contributed by atoms with Gasteiger partial charge in [0.2, 0.25) is 0 Å². The van der Waals surface area contributed by atoms with Gasteiger partial charge in [-0.2, -0.15) is 0 Å². The molecule has 0 spiro atoms. The Bertz CT molecular complexity index is 141. The first kappa shape index (κ1) is 7.50. The van der Waals surface area contributed by atoms with Crippen molar-refractivity contribution in [1.82, 2.24) is 5.32 Å². The topological polar surface area (TPSA) is 75.4 Å². The monoisotopic (exact) mass is 144 g/mol. The number of aliphatic carboxylic acids is 1. The van der Waals surface area contributed by atoms with Crippen molar-refractivity contribution in [2.24, 2.45) is 11.1 Å². The summed E-state index contributed by atoms with van der Waals surface area (Å²) in [6.45, 7) is 1.51. The van der Waals surface area contributed by atoms with Crippen LogP contribution in [0.3, 0.4) is 0 Å². The molecule has 0 radical (unpaired) electrons. The van der Waals surface area contributed by atoms with Gasteiger partial charge in [-0.25, -0.2) is 0 Å². The molecule has 58 valence electrons. The van der Waals surface area contributed by atoms with Crippen molar-refractivity contribution in [3.05, 3.63) is 0 Å². The van der Waals surface area contributed by atoms with Gasteiger partial charge in [-0.1, -0.05) is 0 Å². The number of carboxylic acid groups (broad SMARTS) is 1. The highest BCUT2D eigenvalue weighted by atomic mass is 16.4. The molecule has 0 aromatic carbocycles. The maximum atomic E-state index is 10.6. The lowest BCUT2D eigenvalue weighted by Crippen LogP contribution is -2.40. The fourth-order valence-electron chi connectivity index (χ4n) is 1.19. The second-order valence-corrected chi connectivity index (χ2v) is 2.72. The first-order valence-corrected chi connectivity index (χ1v) is 3.35. The maximum Gasteiger partial charge on any atom is 0.312 e. The molecular formula is C6H12N2O2. The van der Waals surface area contributed by atoms with E-state index in [9.17, 15) is 4.79 Å². The molecule has 1 aliphatic heterocycles. The summed E-state index contributed by atoms with van der Waals surface area (Å²) < 4.78 is 0. The number of nitrogens with one attached hydrogen (secondary N) is 1. The zero-order valence-corrected chi connectivity index (χ0v) is 5.76. The van der Waals surface area contributed by atoms with Gasteiger partial charge >= 0.3 is 5.97 Å². The molecule has 0 saturated carbocycles. The Kier molecular flexibility index (Phi) is 1.92. The third-order valence-electron chi connectivity index (χ3n) is 2.09. The highest BCUT2D eigenvalue weighted by Crippen LogP contribution is 2.23. The van der Waals surface area contributed by atoms with Crippen molar-refractivity contribution in [3.63, 3.8) is 0 Å². The van der Waals surface area contributed by atoms with Crippen LogP contribution in [0.4, 0.5) is 0 Å². The van der Waals surface area contributed by atoms with Crippen molar-refractivity contribution in [3.8, 4) is 0 Å². The molecule has 0 bridgehead atoms. The van der Waals surface area contributed by atoms with Crippen molar-refractivity contribution in [1.29, 1.82) is 0 Å². The fourth-order valence-corrected chi connectivity index (χ4v) is 1.19. The van der Waals surface area contributed by atoms with Crippen LogP contribution in [0.5, 0.6) is 0 Å². The summed E-state index contributed by atoms with van der Waals surface area (Å²) in [6, 6.07) is 0. The normalized spacial score (nSPS) is 32.5. The Morgan fingerprint density at radius 3 is 2.70 bits per heavy atom. The number of hydrogen-bond donors (Lipinski definition) is 3. The third-order valence-corrected chi connectivity index (χ3v) is 2.09. The summed E-state index contributed by atoms with van der Waals surface area (Å²) in [5.41, 5.74) is 4.67. The molecule has 0 aliphatic carbocycles. The van der Waals surface area contributed by atoms with Gasteiger partial charge in [-0.15, -0.1) is 0 Å². The molecule has 1 saturated heterocycles. The van der Waals surface area contributed by atoms with E-state index in [2.05, 4.69) is 5.32 Å². The van der Waals surface area contributed by atoms with Crippen LogP contribution in [0.2, 0.25) is 0 Å². The predicted molar refractivity (Wildman–Crippen MR) is 36.6 cm³/mol. The molecule has 1 aliphatic rings. The van der Waals surface area contributed by atoms with Crippen LogP contribution < -0.4 is 11.1 Å². The van der Waals surface area contributed by atoms with E-state index in [-0.39, 0.29) is 6.54 Å². The summed E-state index contributed by atoms with van der Waals surface area (Å²) in [4.78, 5) is 10.6. The Morgan fingerprint density at radius 1 is 1.80 bits per heavy atom. The predicted octanol–water partition coefficient (Wildman–Crippen LogP) is -0.991. The Labute approximate surface area is 59.4 Å². The first-order chi connectivity index (χ1) is 4.71. The van der Waals surface area contributed by atoms with E-state index in [1.54, 1.807) is 0 Å². The highest BCUT2D eigenvalue weighted by molar-refractivity contribution is 5.75. The quantitative estimate of drug-likeness (QED) is 0.465. The van der Waals surface area contributed by atoms with Crippen LogP contribution in [0, 0.1) is 5.41 Å². The number of nitrogens with two attached hydrogens (primary N) is 1. The summed E-state index contributed by atoms with van der Waals surface area (Å²) in [6.07, 6.45) is 0.652. The van der Waals surface area contributed by atoms with E-state index in [0.29, 0.717) is 13.0 Å². The number of carboxylic acids is 1. The summed E-state index contributed by atoms with van der Waals surface area (Å²) in [5, 5.41) is 11.7. The van der Waals surface area contributed by atoms with Gasteiger partial charge in [0.15, 0.2) is 0 Å². The van der Waals surface area contributed by atoms with Gasteiger partial charge < -0.3 is 16.2 Å². The number of rotatable bonds is 2. The molecule has 1 heterocycles. The Balaban J connectivity index is 2.67. The van der Waals surface area contributed by atoms with E-state index < -0.39 is 11.4 Å². The molecule has 1 rings (SSSR count). The maximum absolute atomic E-state index is 10.6. The van der Waals surface area contributed by atoms with E-state index >= 15 is 0 Å². The minimum atomic E-state index is -0.778. The van der Waals surface area contributed by atoms with Gasteiger partial charge in [0.05, 0.1) is 5.41 Å². The largest absolute Gasteiger partial charge is 0.481 e. The molecule has 1 atom stereocenters. The summed E-state index contributed by atoms with van der Waals surface area (Å²) in [5.74, 6) is -0.778. The third kappa shape index (κ3) is 0.998. The smallest absolute Gasteiger partial charge is 0.312 e. The van der Waals surface area contributed by atoms with Crippen LogP contribution in [0.1, 0.15) is 6.42 Å².